The number of rotatable bonds is 1. The SMILES string of the molecule is CCc1cc2c(=O)[nH]c3[n+](c2s1)CCC3. The molecule has 0 amide bonds. The van der Waals surface area contributed by atoms with Crippen LogP contribution >= 0.6 is 11.3 Å². The number of nitrogens with one attached hydrogen (secondary N) is 1. The summed E-state index contributed by atoms with van der Waals surface area (Å²) in [6.07, 6.45) is 3.16. The van der Waals surface area contributed by atoms with E-state index in [1.165, 1.54) is 4.88 Å². The minimum atomic E-state index is 0.0779. The number of aromatic nitrogens is 2. The minimum Gasteiger partial charge on any atom is -0.241 e. The fraction of sp³-hybridized carbons (Fsp3) is 0.455. The minimum absolute atomic E-state index is 0.0779. The van der Waals surface area contributed by atoms with E-state index in [9.17, 15) is 4.79 Å². The maximum Gasteiger partial charge on any atom is 0.344 e. The molecule has 0 unspecified atom stereocenters. The van der Waals surface area contributed by atoms with Gasteiger partial charge in [0.2, 0.25) is 0 Å². The van der Waals surface area contributed by atoms with Crippen LogP contribution < -0.4 is 10.1 Å². The van der Waals surface area contributed by atoms with Gasteiger partial charge in [-0.25, -0.2) is 14.3 Å². The Bertz CT molecular complexity index is 582. The Balaban J connectivity index is 2.42. The predicted octanol–water partition coefficient (Wildman–Crippen LogP) is 1.39. The lowest BCUT2D eigenvalue weighted by Crippen LogP contribution is -2.37. The monoisotopic (exact) mass is 221 g/mol. The number of thiophene rings is 1. The highest BCUT2D eigenvalue weighted by molar-refractivity contribution is 7.18. The van der Waals surface area contributed by atoms with Crippen molar-refractivity contribution in [3.8, 4) is 0 Å². The van der Waals surface area contributed by atoms with Crippen molar-refractivity contribution in [1.29, 1.82) is 0 Å². The molecule has 0 fully saturated rings. The summed E-state index contributed by atoms with van der Waals surface area (Å²) in [7, 11) is 0. The smallest absolute Gasteiger partial charge is 0.241 e. The third-order valence-electron chi connectivity index (χ3n) is 2.98. The van der Waals surface area contributed by atoms with Gasteiger partial charge in [-0.2, -0.15) is 0 Å². The molecule has 0 atom stereocenters. The van der Waals surface area contributed by atoms with Gasteiger partial charge in [0.15, 0.2) is 4.83 Å². The Kier molecular flexibility index (Phi) is 1.92. The van der Waals surface area contributed by atoms with Gasteiger partial charge in [0.25, 0.3) is 5.82 Å². The van der Waals surface area contributed by atoms with Crippen LogP contribution in [0.15, 0.2) is 10.9 Å². The summed E-state index contributed by atoms with van der Waals surface area (Å²) >= 11 is 1.76. The Morgan fingerprint density at radius 3 is 3.27 bits per heavy atom. The van der Waals surface area contributed by atoms with E-state index in [1.807, 2.05) is 6.07 Å². The molecule has 0 saturated heterocycles. The maximum atomic E-state index is 11.8. The number of nitrogens with zero attached hydrogens (tertiary/aromatic N) is 1. The number of fused-ring (bicyclic) bond motifs is 3. The molecule has 15 heavy (non-hydrogen) atoms. The normalized spacial score (nSPS) is 14.7. The molecule has 4 heteroatoms. The van der Waals surface area contributed by atoms with E-state index in [-0.39, 0.29) is 5.56 Å². The molecule has 2 aromatic rings. The van der Waals surface area contributed by atoms with Gasteiger partial charge in [0.1, 0.15) is 5.39 Å². The fourth-order valence-electron chi connectivity index (χ4n) is 2.20. The largest absolute Gasteiger partial charge is 0.344 e. The summed E-state index contributed by atoms with van der Waals surface area (Å²) in [6, 6.07) is 2.03. The zero-order chi connectivity index (χ0) is 10.4. The van der Waals surface area contributed by atoms with Crippen molar-refractivity contribution in [2.24, 2.45) is 0 Å². The lowest BCUT2D eigenvalue weighted by Gasteiger charge is -1.94. The zero-order valence-electron chi connectivity index (χ0n) is 8.67. The first-order chi connectivity index (χ1) is 7.29. The Hall–Kier alpha value is -1.16. The standard InChI is InChI=1S/C11H12N2OS/c1-2-7-6-8-10(14)12-9-4-3-5-13(9)11(8)15-7/h6H,2-5H2,1H3/p+1. The van der Waals surface area contributed by atoms with Crippen molar-refractivity contribution >= 4 is 21.6 Å². The number of aromatic amines is 1. The molecule has 3 nitrogen and oxygen atoms in total. The van der Waals surface area contributed by atoms with Crippen molar-refractivity contribution in [3.63, 3.8) is 0 Å². The van der Waals surface area contributed by atoms with E-state index in [0.717, 1.165) is 41.8 Å². The highest BCUT2D eigenvalue weighted by Crippen LogP contribution is 2.21. The maximum absolute atomic E-state index is 11.8. The molecule has 3 rings (SSSR count). The second-order valence-corrected chi connectivity index (χ2v) is 5.06. The first kappa shape index (κ1) is 9.09. The van der Waals surface area contributed by atoms with Gasteiger partial charge >= 0.3 is 5.56 Å². The van der Waals surface area contributed by atoms with E-state index in [2.05, 4.69) is 16.5 Å². The van der Waals surface area contributed by atoms with Crippen molar-refractivity contribution in [2.75, 3.05) is 0 Å². The van der Waals surface area contributed by atoms with E-state index >= 15 is 0 Å². The second kappa shape index (κ2) is 3.17. The number of hydrogen-bond donors (Lipinski definition) is 1. The summed E-state index contributed by atoms with van der Waals surface area (Å²) in [6.45, 7) is 3.18. The van der Waals surface area contributed by atoms with Gasteiger partial charge in [-0.15, -0.1) is 0 Å². The van der Waals surface area contributed by atoms with E-state index < -0.39 is 0 Å². The van der Waals surface area contributed by atoms with Crippen LogP contribution in [0, 0.1) is 0 Å². The summed E-state index contributed by atoms with van der Waals surface area (Å²) < 4.78 is 2.26. The summed E-state index contributed by atoms with van der Waals surface area (Å²) in [5, 5.41) is 0.863. The van der Waals surface area contributed by atoms with Gasteiger partial charge < -0.3 is 0 Å². The average Bonchev–Trinajstić information content (AvgIpc) is 2.81. The molecule has 78 valence electrons. The highest BCUT2D eigenvalue weighted by atomic mass is 32.1. The predicted molar refractivity (Wildman–Crippen MR) is 60.3 cm³/mol. The molecular formula is C11H13N2OS+. The molecule has 1 aliphatic heterocycles. The van der Waals surface area contributed by atoms with Gasteiger partial charge in [-0.3, -0.25) is 0 Å². The Morgan fingerprint density at radius 2 is 2.47 bits per heavy atom. The molecule has 0 aromatic carbocycles. The third kappa shape index (κ3) is 1.24. The molecule has 1 N–H and O–H groups in total. The topological polar surface area (TPSA) is 36.7 Å². The third-order valence-corrected chi connectivity index (χ3v) is 4.28. The summed E-state index contributed by atoms with van der Waals surface area (Å²) in [5.41, 5.74) is 0.0779. The molecule has 0 bridgehead atoms. The first-order valence-electron chi connectivity index (χ1n) is 5.37. The van der Waals surface area contributed by atoms with Crippen LogP contribution in [0.1, 0.15) is 24.0 Å². The number of aryl methyl sites for hydroxylation is 3. The van der Waals surface area contributed by atoms with Crippen molar-refractivity contribution in [1.82, 2.24) is 4.98 Å². The molecule has 0 spiro atoms. The van der Waals surface area contributed by atoms with Gasteiger partial charge in [0.05, 0.1) is 13.0 Å². The van der Waals surface area contributed by atoms with Gasteiger partial charge in [-0.1, -0.05) is 18.3 Å². The average molecular weight is 221 g/mol. The van der Waals surface area contributed by atoms with Crippen LogP contribution in [0.5, 0.6) is 0 Å². The lowest BCUT2D eigenvalue weighted by atomic mass is 10.3. The van der Waals surface area contributed by atoms with Gasteiger partial charge in [0, 0.05) is 4.88 Å². The second-order valence-electron chi connectivity index (χ2n) is 3.94. The van der Waals surface area contributed by atoms with Crippen LogP contribution in [0.2, 0.25) is 0 Å². The quantitative estimate of drug-likeness (QED) is 0.726. The molecule has 0 radical (unpaired) electrons. The van der Waals surface area contributed by atoms with Crippen molar-refractivity contribution in [2.45, 2.75) is 32.7 Å². The molecule has 0 aliphatic carbocycles. The first-order valence-corrected chi connectivity index (χ1v) is 6.18. The number of hydrogen-bond acceptors (Lipinski definition) is 2. The molecule has 2 aromatic heterocycles. The summed E-state index contributed by atoms with van der Waals surface area (Å²) in [5.74, 6) is 1.09. The van der Waals surface area contributed by atoms with Crippen LogP contribution in [0.3, 0.4) is 0 Å². The fourth-order valence-corrected chi connectivity index (χ4v) is 3.34. The molecule has 3 heterocycles. The summed E-state index contributed by atoms with van der Waals surface area (Å²) in [4.78, 5) is 17.2. The highest BCUT2D eigenvalue weighted by Gasteiger charge is 2.24. The Morgan fingerprint density at radius 1 is 1.60 bits per heavy atom. The lowest BCUT2D eigenvalue weighted by molar-refractivity contribution is -0.666. The Labute approximate surface area is 91.4 Å². The van der Waals surface area contributed by atoms with Crippen molar-refractivity contribution < 1.29 is 4.57 Å². The van der Waals surface area contributed by atoms with Gasteiger partial charge in [-0.05, 0) is 18.9 Å². The van der Waals surface area contributed by atoms with Crippen LogP contribution in [0.25, 0.3) is 10.2 Å². The molecular weight excluding hydrogens is 208 g/mol. The van der Waals surface area contributed by atoms with E-state index in [1.54, 1.807) is 11.3 Å². The number of H-pyrrole nitrogens is 1. The van der Waals surface area contributed by atoms with Crippen LogP contribution in [-0.4, -0.2) is 4.98 Å². The van der Waals surface area contributed by atoms with Crippen molar-refractivity contribution in [3.05, 3.63) is 27.1 Å². The van der Waals surface area contributed by atoms with Crippen LogP contribution in [-0.2, 0) is 19.4 Å². The van der Waals surface area contributed by atoms with E-state index in [4.69, 9.17) is 0 Å². The van der Waals surface area contributed by atoms with E-state index in [0.29, 0.717) is 0 Å². The molecule has 1 aliphatic rings. The zero-order valence-corrected chi connectivity index (χ0v) is 9.49. The van der Waals surface area contributed by atoms with Crippen LogP contribution in [0.4, 0.5) is 0 Å². The molecule has 0 saturated carbocycles.